The first-order chi connectivity index (χ1) is 9.16. The molecule has 114 valence electrons. The summed E-state index contributed by atoms with van der Waals surface area (Å²) in [6.07, 6.45) is 10.5. The fourth-order valence-corrected chi connectivity index (χ4v) is 1.85. The van der Waals surface area contributed by atoms with Crippen LogP contribution in [0.25, 0.3) is 0 Å². The highest BCUT2D eigenvalue weighted by Gasteiger charge is 2.28. The Morgan fingerprint density at radius 1 is 0.895 bits per heavy atom. The average molecular weight is 275 g/mol. The lowest BCUT2D eigenvalue weighted by atomic mass is 10.1. The lowest BCUT2D eigenvalue weighted by Crippen LogP contribution is -2.35. The van der Waals surface area contributed by atoms with Crippen molar-refractivity contribution in [2.45, 2.75) is 64.3 Å². The number of hydrogen-bond donors (Lipinski definition) is 1. The first kappa shape index (κ1) is 20.6. The summed E-state index contributed by atoms with van der Waals surface area (Å²) in [5.74, 6) is -0.830. The van der Waals surface area contributed by atoms with Crippen molar-refractivity contribution in [1.82, 2.24) is 0 Å². The van der Waals surface area contributed by atoms with E-state index >= 15 is 0 Å². The maximum Gasteiger partial charge on any atom is 0.282 e. The van der Waals surface area contributed by atoms with E-state index in [1.54, 1.807) is 21.3 Å². The summed E-state index contributed by atoms with van der Waals surface area (Å²) in [4.78, 5) is 8.35. The van der Waals surface area contributed by atoms with Crippen LogP contribution in [-0.2, 0) is 19.0 Å². The van der Waals surface area contributed by atoms with Gasteiger partial charge < -0.3 is 14.2 Å². The largest absolute Gasteiger partial charge is 0.331 e. The van der Waals surface area contributed by atoms with Gasteiger partial charge >= 0.3 is 0 Å². The minimum atomic E-state index is -0.830. The van der Waals surface area contributed by atoms with Gasteiger partial charge in [0, 0.05) is 27.8 Å². The van der Waals surface area contributed by atoms with Gasteiger partial charge in [0.2, 0.25) is 6.08 Å². The molecule has 0 rings (SSSR count). The topological polar surface area (TPSA) is 68.6 Å². The summed E-state index contributed by atoms with van der Waals surface area (Å²) in [5.41, 5.74) is 0. The summed E-state index contributed by atoms with van der Waals surface area (Å²) in [5, 5.41) is 5.40. The molecular formula is C14H29NO4. The van der Waals surface area contributed by atoms with E-state index in [9.17, 15) is 0 Å². The lowest BCUT2D eigenvalue weighted by Gasteiger charge is -2.28. The van der Waals surface area contributed by atoms with Gasteiger partial charge in [0.05, 0.1) is 0 Å². The van der Waals surface area contributed by atoms with Gasteiger partial charge in [0.25, 0.3) is 5.97 Å². The predicted octanol–water partition coefficient (Wildman–Crippen LogP) is 3.62. The number of hydrogen-bond acceptors (Lipinski definition) is 5. The number of carbonyl (C=O) groups excluding carboxylic acids is 1. The third-order valence-corrected chi connectivity index (χ3v) is 3.02. The van der Waals surface area contributed by atoms with Gasteiger partial charge in [0.1, 0.15) is 0 Å². The van der Waals surface area contributed by atoms with Crippen molar-refractivity contribution in [3.8, 4) is 0 Å². The number of rotatable bonds is 11. The SMILES string of the molecule is CCCCCCCCCC(OC)(OC)OC.N=C=O. The second-order valence-electron chi connectivity index (χ2n) is 4.27. The summed E-state index contributed by atoms with van der Waals surface area (Å²) in [6.45, 7) is 2.24. The Morgan fingerprint density at radius 3 is 1.63 bits per heavy atom. The maximum atomic E-state index is 8.35. The van der Waals surface area contributed by atoms with E-state index < -0.39 is 5.97 Å². The van der Waals surface area contributed by atoms with Gasteiger partial charge in [-0.2, -0.15) is 0 Å². The normalized spacial score (nSPS) is 10.5. The van der Waals surface area contributed by atoms with Crippen LogP contribution in [0.15, 0.2) is 0 Å². The van der Waals surface area contributed by atoms with Crippen LogP contribution >= 0.6 is 0 Å². The third-order valence-electron chi connectivity index (χ3n) is 3.02. The highest BCUT2D eigenvalue weighted by molar-refractivity contribution is 5.26. The van der Waals surface area contributed by atoms with Gasteiger partial charge in [-0.15, -0.1) is 0 Å². The monoisotopic (exact) mass is 275 g/mol. The van der Waals surface area contributed by atoms with Gasteiger partial charge in [0.15, 0.2) is 0 Å². The fraction of sp³-hybridized carbons (Fsp3) is 0.929. The number of isocyanates is 1. The molecule has 0 aliphatic heterocycles. The smallest absolute Gasteiger partial charge is 0.282 e. The average Bonchev–Trinajstić information content (AvgIpc) is 2.44. The minimum Gasteiger partial charge on any atom is -0.331 e. The van der Waals surface area contributed by atoms with Crippen LogP contribution < -0.4 is 0 Å². The molecule has 0 aromatic carbocycles. The molecule has 0 aliphatic rings. The quantitative estimate of drug-likeness (QED) is 0.270. The molecule has 0 heterocycles. The predicted molar refractivity (Wildman–Crippen MR) is 74.8 cm³/mol. The second kappa shape index (κ2) is 15.3. The highest BCUT2D eigenvalue weighted by Crippen LogP contribution is 2.21. The molecule has 0 aromatic rings. The van der Waals surface area contributed by atoms with Gasteiger partial charge in [-0.3, -0.25) is 0 Å². The Bertz CT molecular complexity index is 203. The Hall–Kier alpha value is -0.740. The molecule has 0 aromatic heterocycles. The summed E-state index contributed by atoms with van der Waals surface area (Å²) in [6, 6.07) is 0. The van der Waals surface area contributed by atoms with Gasteiger partial charge in [-0.25, -0.2) is 10.2 Å². The Morgan fingerprint density at radius 2 is 1.26 bits per heavy atom. The van der Waals surface area contributed by atoms with E-state index in [-0.39, 0.29) is 0 Å². The van der Waals surface area contributed by atoms with Crippen LogP contribution in [0.1, 0.15) is 58.3 Å². The molecule has 0 atom stereocenters. The fourth-order valence-electron chi connectivity index (χ4n) is 1.85. The van der Waals surface area contributed by atoms with Crippen LogP contribution in [-0.4, -0.2) is 33.4 Å². The second-order valence-corrected chi connectivity index (χ2v) is 4.27. The number of ether oxygens (including phenoxy) is 3. The van der Waals surface area contributed by atoms with Crippen molar-refractivity contribution >= 4 is 6.08 Å². The molecule has 0 saturated heterocycles. The third kappa shape index (κ3) is 12.1. The van der Waals surface area contributed by atoms with E-state index in [1.807, 2.05) is 0 Å². The molecule has 0 saturated carbocycles. The van der Waals surface area contributed by atoms with Crippen LogP contribution in [0.5, 0.6) is 0 Å². The van der Waals surface area contributed by atoms with Crippen molar-refractivity contribution in [3.05, 3.63) is 0 Å². The number of unbranched alkanes of at least 4 members (excludes halogenated alkanes) is 6. The molecule has 5 nitrogen and oxygen atoms in total. The molecule has 1 N–H and O–H groups in total. The van der Waals surface area contributed by atoms with E-state index in [4.69, 9.17) is 24.4 Å². The molecule has 0 unspecified atom stereocenters. The zero-order valence-electron chi connectivity index (χ0n) is 12.8. The molecule has 0 bridgehead atoms. The van der Waals surface area contributed by atoms with Crippen LogP contribution in [0.4, 0.5) is 0 Å². The van der Waals surface area contributed by atoms with Crippen molar-refractivity contribution in [2.75, 3.05) is 21.3 Å². The van der Waals surface area contributed by atoms with Crippen LogP contribution in [0, 0.1) is 5.41 Å². The molecular weight excluding hydrogens is 246 g/mol. The van der Waals surface area contributed by atoms with Gasteiger partial charge in [-0.1, -0.05) is 45.4 Å². The molecule has 0 spiro atoms. The van der Waals surface area contributed by atoms with Crippen molar-refractivity contribution in [2.24, 2.45) is 0 Å². The first-order valence-electron chi connectivity index (χ1n) is 6.85. The minimum absolute atomic E-state index is 0.750. The molecule has 0 amide bonds. The van der Waals surface area contributed by atoms with E-state index in [1.165, 1.54) is 38.5 Å². The van der Waals surface area contributed by atoms with Crippen LogP contribution in [0.3, 0.4) is 0 Å². The molecule has 5 heteroatoms. The molecule has 0 radical (unpaired) electrons. The summed E-state index contributed by atoms with van der Waals surface area (Å²) in [7, 11) is 4.86. The Kier molecular flexibility index (Phi) is 16.6. The van der Waals surface area contributed by atoms with E-state index in [0.717, 1.165) is 18.9 Å². The van der Waals surface area contributed by atoms with Crippen molar-refractivity contribution < 1.29 is 19.0 Å². The van der Waals surface area contributed by atoms with E-state index in [0.29, 0.717) is 0 Å². The van der Waals surface area contributed by atoms with E-state index in [2.05, 4.69) is 6.92 Å². The summed E-state index contributed by atoms with van der Waals surface area (Å²) < 4.78 is 15.7. The highest BCUT2D eigenvalue weighted by atomic mass is 16.9. The van der Waals surface area contributed by atoms with Gasteiger partial charge in [-0.05, 0) is 6.42 Å². The number of methoxy groups -OCH3 is 3. The van der Waals surface area contributed by atoms with Crippen LogP contribution in [0.2, 0.25) is 0 Å². The molecule has 0 fully saturated rings. The Balaban J connectivity index is 0. The maximum absolute atomic E-state index is 8.35. The standard InChI is InChI=1S/C13H28O3.CHNO/c1-5-6-7-8-9-10-11-12-13(14-2,15-3)16-4;2-1-3/h5-12H2,1-4H3;2H. The Labute approximate surface area is 117 Å². The first-order valence-corrected chi connectivity index (χ1v) is 6.85. The molecule has 19 heavy (non-hydrogen) atoms. The summed E-state index contributed by atoms with van der Waals surface area (Å²) >= 11 is 0. The number of nitrogens with one attached hydrogen (secondary N) is 1. The zero-order chi connectivity index (χ0) is 15.0. The zero-order valence-corrected chi connectivity index (χ0v) is 12.8. The van der Waals surface area contributed by atoms with Crippen molar-refractivity contribution in [1.29, 1.82) is 5.41 Å². The molecule has 0 aliphatic carbocycles. The van der Waals surface area contributed by atoms with Crippen molar-refractivity contribution in [3.63, 3.8) is 0 Å². The lowest BCUT2D eigenvalue weighted by molar-refractivity contribution is -0.355.